The van der Waals surface area contributed by atoms with E-state index in [1.165, 1.54) is 0 Å². The van der Waals surface area contributed by atoms with Gasteiger partial charge in [-0.05, 0) is 12.8 Å². The Morgan fingerprint density at radius 2 is 2.00 bits per heavy atom. The molecule has 4 heteroatoms. The van der Waals surface area contributed by atoms with Crippen molar-refractivity contribution in [2.24, 2.45) is 0 Å². The first-order chi connectivity index (χ1) is 4.20. The molecule has 1 atom stereocenters. The van der Waals surface area contributed by atoms with E-state index in [9.17, 15) is 8.76 Å². The number of rotatable bonds is 4. The topological polar surface area (TPSA) is 52.2 Å². The summed E-state index contributed by atoms with van der Waals surface area (Å²) in [6.45, 7) is 3.90. The van der Waals surface area contributed by atoms with Gasteiger partial charge in [0.2, 0.25) is 0 Å². The molecular formula is C5H12NO2S-. The lowest BCUT2D eigenvalue weighted by molar-refractivity contribution is 0.491. The molecule has 0 spiro atoms. The van der Waals surface area contributed by atoms with Gasteiger partial charge < -0.3 is 4.55 Å². The van der Waals surface area contributed by atoms with Crippen LogP contribution in [0.2, 0.25) is 0 Å². The maximum atomic E-state index is 10.0. The summed E-state index contributed by atoms with van der Waals surface area (Å²) in [6, 6.07) is 0.114. The molecule has 0 saturated carbocycles. The van der Waals surface area contributed by atoms with Gasteiger partial charge in [0.1, 0.15) is 0 Å². The summed E-state index contributed by atoms with van der Waals surface area (Å²) in [7, 11) is 0. The normalized spacial score (nSPS) is 14.2. The lowest BCUT2D eigenvalue weighted by Gasteiger charge is -2.15. The second kappa shape index (κ2) is 4.90. The first-order valence-corrected chi connectivity index (χ1v) is 4.13. The van der Waals surface area contributed by atoms with Crippen molar-refractivity contribution in [3.05, 3.63) is 0 Å². The van der Waals surface area contributed by atoms with Gasteiger partial charge in [-0.1, -0.05) is 13.8 Å². The molecule has 0 fully saturated rings. The zero-order chi connectivity index (χ0) is 7.28. The molecular weight excluding hydrogens is 138 g/mol. The average molecular weight is 150 g/mol. The Labute approximate surface area is 58.3 Å². The van der Waals surface area contributed by atoms with Crippen molar-refractivity contribution < 1.29 is 8.76 Å². The molecule has 0 aromatic heterocycles. The van der Waals surface area contributed by atoms with E-state index >= 15 is 0 Å². The van der Waals surface area contributed by atoms with Gasteiger partial charge in [0, 0.05) is 17.3 Å². The third-order valence-corrected chi connectivity index (χ3v) is 1.77. The Kier molecular flexibility index (Phi) is 4.94. The van der Waals surface area contributed by atoms with Gasteiger partial charge in [0.25, 0.3) is 0 Å². The third-order valence-electron chi connectivity index (χ3n) is 1.25. The van der Waals surface area contributed by atoms with Crippen molar-refractivity contribution in [1.29, 1.82) is 0 Å². The van der Waals surface area contributed by atoms with E-state index in [4.69, 9.17) is 0 Å². The van der Waals surface area contributed by atoms with Gasteiger partial charge >= 0.3 is 0 Å². The maximum Gasteiger partial charge on any atom is 0.0183 e. The number of nitrogens with one attached hydrogen (secondary N) is 1. The van der Waals surface area contributed by atoms with Crippen molar-refractivity contribution in [2.75, 3.05) is 0 Å². The van der Waals surface area contributed by atoms with Crippen molar-refractivity contribution in [1.82, 2.24) is 4.72 Å². The Bertz CT molecular complexity index is 93.0. The molecule has 0 aromatic rings. The second-order valence-corrected chi connectivity index (χ2v) is 2.57. The summed E-state index contributed by atoms with van der Waals surface area (Å²) < 4.78 is 22.4. The van der Waals surface area contributed by atoms with E-state index < -0.39 is 11.3 Å². The predicted molar refractivity (Wildman–Crippen MR) is 36.4 cm³/mol. The standard InChI is InChI=1S/C5H13NO2S/c1-3-5(4-2)6-9(7)8/h5-6H,3-4H2,1-2H3,(H,7,8)/p-1. The van der Waals surface area contributed by atoms with E-state index in [2.05, 4.69) is 4.72 Å². The highest BCUT2D eigenvalue weighted by Gasteiger charge is 1.99. The van der Waals surface area contributed by atoms with E-state index in [0.717, 1.165) is 12.8 Å². The monoisotopic (exact) mass is 150 g/mol. The molecule has 0 heterocycles. The largest absolute Gasteiger partial charge is 0.760 e. The van der Waals surface area contributed by atoms with Crippen LogP contribution in [-0.2, 0) is 11.3 Å². The van der Waals surface area contributed by atoms with E-state index in [1.807, 2.05) is 13.8 Å². The minimum atomic E-state index is -2.10. The van der Waals surface area contributed by atoms with Crippen LogP contribution < -0.4 is 4.72 Å². The van der Waals surface area contributed by atoms with Crippen LogP contribution in [0, 0.1) is 0 Å². The molecule has 9 heavy (non-hydrogen) atoms. The van der Waals surface area contributed by atoms with Crippen LogP contribution >= 0.6 is 0 Å². The molecule has 0 saturated heterocycles. The van der Waals surface area contributed by atoms with Crippen LogP contribution in [0.3, 0.4) is 0 Å². The molecule has 3 nitrogen and oxygen atoms in total. The number of hydrogen-bond donors (Lipinski definition) is 1. The smallest absolute Gasteiger partial charge is 0.0183 e. The third kappa shape index (κ3) is 4.57. The quantitative estimate of drug-likeness (QED) is 0.595. The SMILES string of the molecule is CCC(CC)NS(=O)[O-]. The molecule has 0 bridgehead atoms. The molecule has 0 aliphatic carbocycles. The summed E-state index contributed by atoms with van der Waals surface area (Å²) in [4.78, 5) is 0. The van der Waals surface area contributed by atoms with E-state index in [1.54, 1.807) is 0 Å². The molecule has 0 aliphatic rings. The first kappa shape index (κ1) is 9.07. The highest BCUT2D eigenvalue weighted by molar-refractivity contribution is 7.77. The minimum absolute atomic E-state index is 0.114. The van der Waals surface area contributed by atoms with Gasteiger partial charge in [-0.15, -0.1) is 0 Å². The zero-order valence-electron chi connectivity index (χ0n) is 5.72. The zero-order valence-corrected chi connectivity index (χ0v) is 6.53. The maximum absolute atomic E-state index is 10.0. The fraction of sp³-hybridized carbons (Fsp3) is 1.00. The molecule has 0 rings (SSSR count). The summed E-state index contributed by atoms with van der Waals surface area (Å²) >= 11 is -2.10. The Morgan fingerprint density at radius 1 is 1.56 bits per heavy atom. The molecule has 0 aromatic carbocycles. The highest BCUT2D eigenvalue weighted by Crippen LogP contribution is 1.95. The minimum Gasteiger partial charge on any atom is -0.760 e. The Balaban J connectivity index is 3.43. The summed E-state index contributed by atoms with van der Waals surface area (Å²) in [5, 5.41) is 0. The Morgan fingerprint density at radius 3 is 2.11 bits per heavy atom. The molecule has 1 N–H and O–H groups in total. The fourth-order valence-corrected chi connectivity index (χ4v) is 1.20. The van der Waals surface area contributed by atoms with E-state index in [-0.39, 0.29) is 6.04 Å². The molecule has 56 valence electrons. The second-order valence-electron chi connectivity index (χ2n) is 1.87. The van der Waals surface area contributed by atoms with Gasteiger partial charge in [-0.25, -0.2) is 4.72 Å². The number of hydrogen-bond acceptors (Lipinski definition) is 2. The van der Waals surface area contributed by atoms with Crippen LogP contribution in [0.4, 0.5) is 0 Å². The highest BCUT2D eigenvalue weighted by atomic mass is 32.2. The van der Waals surface area contributed by atoms with Gasteiger partial charge in [0.05, 0.1) is 0 Å². The molecule has 0 amide bonds. The molecule has 0 radical (unpaired) electrons. The summed E-state index contributed by atoms with van der Waals surface area (Å²) in [5.74, 6) is 0. The van der Waals surface area contributed by atoms with Crippen molar-refractivity contribution >= 4 is 11.3 Å². The van der Waals surface area contributed by atoms with Gasteiger partial charge in [-0.2, -0.15) is 0 Å². The van der Waals surface area contributed by atoms with Crippen molar-refractivity contribution in [3.63, 3.8) is 0 Å². The lowest BCUT2D eigenvalue weighted by Crippen LogP contribution is -2.29. The van der Waals surface area contributed by atoms with Gasteiger partial charge in [-0.3, -0.25) is 4.21 Å². The summed E-state index contributed by atoms with van der Waals surface area (Å²) in [5.41, 5.74) is 0. The van der Waals surface area contributed by atoms with Crippen molar-refractivity contribution in [2.45, 2.75) is 32.7 Å². The van der Waals surface area contributed by atoms with E-state index in [0.29, 0.717) is 0 Å². The predicted octanol–water partition coefficient (Wildman–Crippen LogP) is 0.559. The molecule has 1 unspecified atom stereocenters. The van der Waals surface area contributed by atoms with Crippen LogP contribution in [0.1, 0.15) is 26.7 Å². The van der Waals surface area contributed by atoms with Gasteiger partial charge in [0.15, 0.2) is 0 Å². The van der Waals surface area contributed by atoms with Crippen LogP contribution in [0.15, 0.2) is 0 Å². The molecule has 0 aliphatic heterocycles. The Hall–Kier alpha value is 0.0700. The average Bonchev–Trinajstić information content (AvgIpc) is 1.82. The first-order valence-electron chi connectivity index (χ1n) is 3.06. The van der Waals surface area contributed by atoms with Crippen LogP contribution in [0.25, 0.3) is 0 Å². The van der Waals surface area contributed by atoms with Crippen LogP contribution in [0.5, 0.6) is 0 Å². The lowest BCUT2D eigenvalue weighted by atomic mass is 10.2. The summed E-state index contributed by atoms with van der Waals surface area (Å²) in [6.07, 6.45) is 1.70. The van der Waals surface area contributed by atoms with Crippen LogP contribution in [-0.4, -0.2) is 14.8 Å². The fourth-order valence-electron chi connectivity index (χ4n) is 0.591. The van der Waals surface area contributed by atoms with Crippen molar-refractivity contribution in [3.8, 4) is 0 Å².